The van der Waals surface area contributed by atoms with Gasteiger partial charge in [0.2, 0.25) is 0 Å². The molecule has 0 radical (unpaired) electrons. The largest absolute Gasteiger partial charge is 0.347 e. The molecule has 0 spiro atoms. The van der Waals surface area contributed by atoms with Crippen LogP contribution in [0.15, 0.2) is 5.38 Å². The van der Waals surface area contributed by atoms with E-state index in [9.17, 15) is 0 Å². The summed E-state index contributed by atoms with van der Waals surface area (Å²) in [5.41, 5.74) is 0.994. The Bertz CT molecular complexity index is 308. The van der Waals surface area contributed by atoms with Crippen molar-refractivity contribution in [1.82, 2.24) is 4.98 Å². The zero-order chi connectivity index (χ0) is 9.47. The van der Waals surface area contributed by atoms with Gasteiger partial charge in [0.15, 0.2) is 5.79 Å². The van der Waals surface area contributed by atoms with Crippen molar-refractivity contribution in [3.05, 3.63) is 16.1 Å². The molecule has 1 atom stereocenters. The second-order valence-electron chi connectivity index (χ2n) is 3.61. The van der Waals surface area contributed by atoms with Crippen LogP contribution in [0.2, 0.25) is 0 Å². The standard InChI is InChI=1S/C9H13NO2S/c1-6-10-7(5-13-6)8-4-11-9(2,3)12-8/h5,8H,4H2,1-3H3. The third kappa shape index (κ3) is 1.90. The lowest BCUT2D eigenvalue weighted by molar-refractivity contribution is -0.139. The second-order valence-corrected chi connectivity index (χ2v) is 4.67. The maximum atomic E-state index is 5.67. The average molecular weight is 199 g/mol. The maximum Gasteiger partial charge on any atom is 0.163 e. The van der Waals surface area contributed by atoms with Crippen molar-refractivity contribution in [1.29, 1.82) is 0 Å². The Morgan fingerprint density at radius 3 is 2.85 bits per heavy atom. The lowest BCUT2D eigenvalue weighted by Gasteiger charge is -2.16. The lowest BCUT2D eigenvalue weighted by atomic mass is 10.3. The van der Waals surface area contributed by atoms with Crippen LogP contribution in [0, 0.1) is 6.92 Å². The summed E-state index contributed by atoms with van der Waals surface area (Å²) < 4.78 is 11.1. The summed E-state index contributed by atoms with van der Waals surface area (Å²) in [5.74, 6) is -0.456. The molecule has 0 N–H and O–H groups in total. The second kappa shape index (κ2) is 3.04. The van der Waals surface area contributed by atoms with E-state index in [1.807, 2.05) is 26.2 Å². The molecule has 1 aromatic rings. The van der Waals surface area contributed by atoms with Crippen molar-refractivity contribution < 1.29 is 9.47 Å². The Balaban J connectivity index is 2.12. The van der Waals surface area contributed by atoms with Gasteiger partial charge in [-0.3, -0.25) is 0 Å². The third-order valence-electron chi connectivity index (χ3n) is 1.98. The van der Waals surface area contributed by atoms with E-state index in [0.717, 1.165) is 10.7 Å². The Morgan fingerprint density at radius 1 is 1.62 bits per heavy atom. The summed E-state index contributed by atoms with van der Waals surface area (Å²) in [6, 6.07) is 0. The molecule has 2 rings (SSSR count). The highest BCUT2D eigenvalue weighted by Gasteiger charge is 2.34. The molecule has 1 aromatic heterocycles. The van der Waals surface area contributed by atoms with Crippen molar-refractivity contribution in [3.8, 4) is 0 Å². The molecule has 1 aliphatic heterocycles. The Kier molecular flexibility index (Phi) is 2.14. The lowest BCUT2D eigenvalue weighted by Crippen LogP contribution is -2.19. The molecular formula is C9H13NO2S. The van der Waals surface area contributed by atoms with E-state index in [0.29, 0.717) is 6.61 Å². The van der Waals surface area contributed by atoms with Gasteiger partial charge in [-0.1, -0.05) is 0 Å². The molecule has 1 unspecified atom stereocenters. The van der Waals surface area contributed by atoms with Gasteiger partial charge in [0.25, 0.3) is 0 Å². The van der Waals surface area contributed by atoms with Gasteiger partial charge in [-0.25, -0.2) is 4.98 Å². The van der Waals surface area contributed by atoms with E-state index < -0.39 is 5.79 Å². The summed E-state index contributed by atoms with van der Waals surface area (Å²) in [6.07, 6.45) is 0.0138. The number of hydrogen-bond acceptors (Lipinski definition) is 4. The maximum absolute atomic E-state index is 5.67. The van der Waals surface area contributed by atoms with Crippen molar-refractivity contribution in [2.24, 2.45) is 0 Å². The predicted molar refractivity (Wildman–Crippen MR) is 50.7 cm³/mol. The molecule has 0 amide bonds. The third-order valence-corrected chi connectivity index (χ3v) is 2.77. The van der Waals surface area contributed by atoms with E-state index in [1.165, 1.54) is 0 Å². The number of ether oxygens (including phenoxy) is 2. The predicted octanol–water partition coefficient (Wildman–Crippen LogP) is 2.28. The molecule has 0 bridgehead atoms. The number of thiazole rings is 1. The fourth-order valence-corrected chi connectivity index (χ4v) is 2.01. The molecule has 4 heteroatoms. The smallest absolute Gasteiger partial charge is 0.163 e. The van der Waals surface area contributed by atoms with Gasteiger partial charge >= 0.3 is 0 Å². The summed E-state index contributed by atoms with van der Waals surface area (Å²) >= 11 is 1.64. The monoisotopic (exact) mass is 199 g/mol. The van der Waals surface area contributed by atoms with Crippen LogP contribution in [0.4, 0.5) is 0 Å². The highest BCUT2D eigenvalue weighted by molar-refractivity contribution is 7.09. The van der Waals surface area contributed by atoms with Crippen molar-refractivity contribution in [2.75, 3.05) is 6.61 Å². The quantitative estimate of drug-likeness (QED) is 0.695. The van der Waals surface area contributed by atoms with Gasteiger partial charge in [-0.05, 0) is 20.8 Å². The molecule has 1 aliphatic rings. The van der Waals surface area contributed by atoms with Crippen LogP contribution in [-0.4, -0.2) is 17.4 Å². The number of aromatic nitrogens is 1. The molecule has 1 fully saturated rings. The summed E-state index contributed by atoms with van der Waals surface area (Å²) in [5, 5.41) is 3.11. The Labute approximate surface area is 81.7 Å². The molecule has 0 saturated carbocycles. The van der Waals surface area contributed by atoms with E-state index in [1.54, 1.807) is 11.3 Å². The van der Waals surface area contributed by atoms with E-state index in [-0.39, 0.29) is 6.10 Å². The van der Waals surface area contributed by atoms with Crippen molar-refractivity contribution in [3.63, 3.8) is 0 Å². The van der Waals surface area contributed by atoms with E-state index in [4.69, 9.17) is 9.47 Å². The van der Waals surface area contributed by atoms with Gasteiger partial charge in [0.05, 0.1) is 17.3 Å². The van der Waals surface area contributed by atoms with Crippen LogP contribution in [0.5, 0.6) is 0 Å². The minimum absolute atomic E-state index is 0.0138. The van der Waals surface area contributed by atoms with Gasteiger partial charge in [0.1, 0.15) is 6.10 Å². The molecule has 0 aliphatic carbocycles. The van der Waals surface area contributed by atoms with Gasteiger partial charge in [0, 0.05) is 5.38 Å². The first-order valence-electron chi connectivity index (χ1n) is 4.31. The van der Waals surface area contributed by atoms with Crippen molar-refractivity contribution in [2.45, 2.75) is 32.7 Å². The van der Waals surface area contributed by atoms with Gasteiger partial charge in [-0.2, -0.15) is 0 Å². The summed E-state index contributed by atoms with van der Waals surface area (Å²) in [7, 11) is 0. The summed E-state index contributed by atoms with van der Waals surface area (Å²) in [6.45, 7) is 6.45. The van der Waals surface area contributed by atoms with Crippen LogP contribution < -0.4 is 0 Å². The first-order chi connectivity index (χ1) is 6.07. The van der Waals surface area contributed by atoms with E-state index in [2.05, 4.69) is 4.98 Å². The van der Waals surface area contributed by atoms with Gasteiger partial charge < -0.3 is 9.47 Å². The van der Waals surface area contributed by atoms with Crippen LogP contribution in [0.1, 0.15) is 30.7 Å². The first-order valence-corrected chi connectivity index (χ1v) is 5.18. The number of hydrogen-bond donors (Lipinski definition) is 0. The van der Waals surface area contributed by atoms with Crippen LogP contribution in [-0.2, 0) is 9.47 Å². The topological polar surface area (TPSA) is 31.4 Å². The van der Waals surface area contributed by atoms with Crippen LogP contribution >= 0.6 is 11.3 Å². The number of nitrogens with zero attached hydrogens (tertiary/aromatic N) is 1. The first kappa shape index (κ1) is 9.12. The minimum atomic E-state index is -0.456. The molecule has 1 saturated heterocycles. The zero-order valence-electron chi connectivity index (χ0n) is 8.03. The van der Waals surface area contributed by atoms with Crippen LogP contribution in [0.3, 0.4) is 0 Å². The fourth-order valence-electron chi connectivity index (χ4n) is 1.36. The SMILES string of the molecule is Cc1nc(C2COC(C)(C)O2)cs1. The van der Waals surface area contributed by atoms with Crippen molar-refractivity contribution >= 4 is 11.3 Å². The molecular weight excluding hydrogens is 186 g/mol. The van der Waals surface area contributed by atoms with Gasteiger partial charge in [-0.15, -0.1) is 11.3 Å². The normalized spacial score (nSPS) is 26.5. The molecule has 13 heavy (non-hydrogen) atoms. The Morgan fingerprint density at radius 2 is 2.38 bits per heavy atom. The molecule has 2 heterocycles. The highest BCUT2D eigenvalue weighted by atomic mass is 32.1. The van der Waals surface area contributed by atoms with E-state index >= 15 is 0 Å². The summed E-state index contributed by atoms with van der Waals surface area (Å²) in [4.78, 5) is 4.37. The molecule has 0 aromatic carbocycles. The number of aryl methyl sites for hydroxylation is 1. The average Bonchev–Trinajstić information content (AvgIpc) is 2.56. The molecule has 3 nitrogen and oxygen atoms in total. The zero-order valence-corrected chi connectivity index (χ0v) is 8.85. The fraction of sp³-hybridized carbons (Fsp3) is 0.667. The Hall–Kier alpha value is -0.450. The highest BCUT2D eigenvalue weighted by Crippen LogP contribution is 2.32. The molecule has 72 valence electrons. The van der Waals surface area contributed by atoms with Crippen LogP contribution in [0.25, 0.3) is 0 Å². The number of rotatable bonds is 1. The minimum Gasteiger partial charge on any atom is -0.347 e.